The number of hydrogen-bond acceptors (Lipinski definition) is 1. The number of rotatable bonds is 3. The second-order valence-electron chi connectivity index (χ2n) is 5.62. The Bertz CT molecular complexity index is 612. The van der Waals surface area contributed by atoms with Crippen molar-refractivity contribution in [3.05, 3.63) is 70.3 Å². The lowest BCUT2D eigenvalue weighted by atomic mass is 9.79. The molecule has 0 spiro atoms. The molecule has 0 fully saturated rings. The predicted molar refractivity (Wildman–Crippen MR) is 83.9 cm³/mol. The molecular formula is C19H21N. The quantitative estimate of drug-likeness (QED) is 0.762. The Balaban J connectivity index is 2.47. The van der Waals surface area contributed by atoms with Gasteiger partial charge in [-0.1, -0.05) is 55.0 Å². The average Bonchev–Trinajstić information content (AvgIpc) is 2.43. The molecule has 2 unspecified atom stereocenters. The second kappa shape index (κ2) is 5.92. The zero-order valence-electron chi connectivity index (χ0n) is 12.6. The summed E-state index contributed by atoms with van der Waals surface area (Å²) in [5.74, 6) is 0.0966. The van der Waals surface area contributed by atoms with E-state index in [0.29, 0.717) is 0 Å². The fourth-order valence-electron chi connectivity index (χ4n) is 3.06. The normalized spacial score (nSPS) is 13.6. The van der Waals surface area contributed by atoms with Gasteiger partial charge in [0.1, 0.15) is 0 Å². The molecule has 0 radical (unpaired) electrons. The van der Waals surface area contributed by atoms with Gasteiger partial charge in [0.2, 0.25) is 0 Å². The predicted octanol–water partition coefficient (Wildman–Crippen LogP) is 5.02. The van der Waals surface area contributed by atoms with Gasteiger partial charge in [0.25, 0.3) is 0 Å². The summed E-state index contributed by atoms with van der Waals surface area (Å²) >= 11 is 0. The van der Waals surface area contributed by atoms with Crippen LogP contribution in [0.4, 0.5) is 0 Å². The van der Waals surface area contributed by atoms with E-state index in [1.54, 1.807) is 0 Å². The molecule has 0 aliphatic rings. The number of benzene rings is 2. The molecule has 0 aliphatic carbocycles. The maximum absolute atomic E-state index is 9.68. The average molecular weight is 263 g/mol. The highest BCUT2D eigenvalue weighted by Gasteiger charge is 2.23. The molecule has 0 N–H and O–H groups in total. The lowest BCUT2D eigenvalue weighted by Gasteiger charge is -2.22. The van der Waals surface area contributed by atoms with Crippen LogP contribution in [0.5, 0.6) is 0 Å². The number of aryl methyl sites for hydroxylation is 3. The molecule has 1 nitrogen and oxygen atoms in total. The summed E-state index contributed by atoms with van der Waals surface area (Å²) in [5, 5.41) is 9.68. The summed E-state index contributed by atoms with van der Waals surface area (Å²) in [6, 6.07) is 17.2. The van der Waals surface area contributed by atoms with Crippen LogP contribution in [0.2, 0.25) is 0 Å². The van der Waals surface area contributed by atoms with Gasteiger partial charge in [-0.05, 0) is 43.0 Å². The Morgan fingerprint density at radius 2 is 1.50 bits per heavy atom. The minimum atomic E-state index is -0.0991. The molecule has 102 valence electrons. The Hall–Kier alpha value is -2.07. The van der Waals surface area contributed by atoms with Crippen LogP contribution in [0.15, 0.2) is 42.5 Å². The van der Waals surface area contributed by atoms with Crippen LogP contribution < -0.4 is 0 Å². The van der Waals surface area contributed by atoms with E-state index in [-0.39, 0.29) is 11.8 Å². The molecule has 2 rings (SSSR count). The minimum Gasteiger partial charge on any atom is -0.198 e. The molecule has 0 saturated heterocycles. The van der Waals surface area contributed by atoms with E-state index < -0.39 is 0 Å². The number of nitrogens with zero attached hydrogens (tertiary/aromatic N) is 1. The van der Waals surface area contributed by atoms with Crippen molar-refractivity contribution >= 4 is 0 Å². The fourth-order valence-corrected chi connectivity index (χ4v) is 3.06. The summed E-state index contributed by atoms with van der Waals surface area (Å²) in [6.07, 6.45) is 0. The molecule has 20 heavy (non-hydrogen) atoms. The lowest BCUT2D eigenvalue weighted by Crippen LogP contribution is -2.10. The summed E-state index contributed by atoms with van der Waals surface area (Å²) in [5.41, 5.74) is 6.11. The van der Waals surface area contributed by atoms with Crippen molar-refractivity contribution in [1.29, 1.82) is 5.26 Å². The first-order chi connectivity index (χ1) is 9.54. The van der Waals surface area contributed by atoms with E-state index in [9.17, 15) is 5.26 Å². The SMILES string of the molecule is Cc1cc(C)c(C(C#N)C(C)c2ccccc2)c(C)c1. The van der Waals surface area contributed by atoms with Crippen LogP contribution in [-0.4, -0.2) is 0 Å². The number of hydrogen-bond donors (Lipinski definition) is 0. The molecule has 2 atom stereocenters. The van der Waals surface area contributed by atoms with E-state index in [4.69, 9.17) is 0 Å². The molecule has 0 bridgehead atoms. The Morgan fingerprint density at radius 1 is 0.950 bits per heavy atom. The third kappa shape index (κ3) is 2.75. The number of nitriles is 1. The van der Waals surface area contributed by atoms with E-state index in [2.05, 4.69) is 58.0 Å². The summed E-state index contributed by atoms with van der Waals surface area (Å²) in [6.45, 7) is 8.46. The van der Waals surface area contributed by atoms with Gasteiger partial charge in [-0.25, -0.2) is 0 Å². The van der Waals surface area contributed by atoms with Crippen molar-refractivity contribution in [3.63, 3.8) is 0 Å². The van der Waals surface area contributed by atoms with E-state index >= 15 is 0 Å². The molecule has 0 amide bonds. The van der Waals surface area contributed by atoms with Gasteiger partial charge in [0.15, 0.2) is 0 Å². The van der Waals surface area contributed by atoms with Crippen molar-refractivity contribution in [1.82, 2.24) is 0 Å². The van der Waals surface area contributed by atoms with Gasteiger partial charge in [-0.15, -0.1) is 0 Å². The first-order valence-corrected chi connectivity index (χ1v) is 7.07. The molecule has 2 aromatic carbocycles. The van der Waals surface area contributed by atoms with Crippen LogP contribution in [0, 0.1) is 32.1 Å². The van der Waals surface area contributed by atoms with Crippen LogP contribution in [0.25, 0.3) is 0 Å². The first kappa shape index (κ1) is 14.3. The van der Waals surface area contributed by atoms with E-state index in [1.165, 1.54) is 27.8 Å². The highest BCUT2D eigenvalue weighted by atomic mass is 14.3. The monoisotopic (exact) mass is 263 g/mol. The van der Waals surface area contributed by atoms with Crippen molar-refractivity contribution in [3.8, 4) is 6.07 Å². The molecule has 0 heterocycles. The van der Waals surface area contributed by atoms with Crippen LogP contribution in [-0.2, 0) is 0 Å². The third-order valence-electron chi connectivity index (χ3n) is 4.01. The first-order valence-electron chi connectivity index (χ1n) is 7.07. The molecule has 1 heteroatoms. The fraction of sp³-hybridized carbons (Fsp3) is 0.316. The van der Waals surface area contributed by atoms with Crippen molar-refractivity contribution in [2.75, 3.05) is 0 Å². The smallest absolute Gasteiger partial charge is 0.0783 e. The van der Waals surface area contributed by atoms with Gasteiger partial charge >= 0.3 is 0 Å². The topological polar surface area (TPSA) is 23.8 Å². The summed E-state index contributed by atoms with van der Waals surface area (Å²) < 4.78 is 0. The Morgan fingerprint density at radius 3 is 2.00 bits per heavy atom. The second-order valence-corrected chi connectivity index (χ2v) is 5.62. The molecule has 0 aromatic heterocycles. The Kier molecular flexibility index (Phi) is 4.25. The zero-order chi connectivity index (χ0) is 14.7. The van der Waals surface area contributed by atoms with Crippen molar-refractivity contribution in [2.24, 2.45) is 0 Å². The lowest BCUT2D eigenvalue weighted by molar-refractivity contribution is 0.679. The standard InChI is InChI=1S/C19H21N/c1-13-10-14(2)19(15(3)11-13)18(12-20)16(4)17-8-6-5-7-9-17/h5-11,16,18H,1-4H3. The highest BCUT2D eigenvalue weighted by molar-refractivity contribution is 5.44. The van der Waals surface area contributed by atoms with Crippen molar-refractivity contribution in [2.45, 2.75) is 39.5 Å². The van der Waals surface area contributed by atoms with E-state index in [0.717, 1.165) is 0 Å². The minimum absolute atomic E-state index is 0.0991. The van der Waals surface area contributed by atoms with Gasteiger partial charge in [0, 0.05) is 5.92 Å². The molecule has 0 saturated carbocycles. The van der Waals surface area contributed by atoms with Gasteiger partial charge in [-0.2, -0.15) is 5.26 Å². The van der Waals surface area contributed by atoms with Crippen LogP contribution in [0.1, 0.15) is 46.6 Å². The third-order valence-corrected chi connectivity index (χ3v) is 4.01. The molecular weight excluding hydrogens is 242 g/mol. The van der Waals surface area contributed by atoms with Gasteiger partial charge in [-0.3, -0.25) is 0 Å². The highest BCUT2D eigenvalue weighted by Crippen LogP contribution is 2.35. The largest absolute Gasteiger partial charge is 0.198 e. The maximum atomic E-state index is 9.68. The zero-order valence-corrected chi connectivity index (χ0v) is 12.6. The maximum Gasteiger partial charge on any atom is 0.0783 e. The van der Waals surface area contributed by atoms with Crippen molar-refractivity contribution < 1.29 is 0 Å². The van der Waals surface area contributed by atoms with E-state index in [1.807, 2.05) is 18.2 Å². The van der Waals surface area contributed by atoms with Crippen LogP contribution >= 0.6 is 0 Å². The van der Waals surface area contributed by atoms with Gasteiger partial charge in [0.05, 0.1) is 12.0 Å². The Labute approximate surface area is 121 Å². The van der Waals surface area contributed by atoms with Crippen LogP contribution in [0.3, 0.4) is 0 Å². The summed E-state index contributed by atoms with van der Waals surface area (Å²) in [4.78, 5) is 0. The van der Waals surface area contributed by atoms with Gasteiger partial charge < -0.3 is 0 Å². The molecule has 0 aliphatic heterocycles. The summed E-state index contributed by atoms with van der Waals surface area (Å²) in [7, 11) is 0. The molecule has 2 aromatic rings.